The maximum atomic E-state index is 12.2. The first-order valence-electron chi connectivity index (χ1n) is 7.12. The summed E-state index contributed by atoms with van der Waals surface area (Å²) >= 11 is 0. The first-order chi connectivity index (χ1) is 9.54. The molecule has 20 heavy (non-hydrogen) atoms. The molecule has 0 radical (unpaired) electrons. The second kappa shape index (κ2) is 8.06. The molecule has 1 atom stereocenters. The standard InChI is InChI=1S/C13H26N4O3/c1-4-15(5-2)13(19)17-8-6-16(7-9-17)12(18)11(14)10-20-3/h11H,4-10,14H2,1-3H3. The van der Waals surface area contributed by atoms with Crippen LogP contribution in [0.2, 0.25) is 0 Å². The molecule has 1 fully saturated rings. The maximum Gasteiger partial charge on any atom is 0.320 e. The Morgan fingerprint density at radius 3 is 2.10 bits per heavy atom. The minimum atomic E-state index is -0.620. The molecular formula is C13H26N4O3. The number of methoxy groups -OCH3 is 1. The lowest BCUT2D eigenvalue weighted by molar-refractivity contribution is -0.135. The molecule has 1 heterocycles. The molecule has 1 aliphatic heterocycles. The topological polar surface area (TPSA) is 79.1 Å². The number of nitrogens with zero attached hydrogens (tertiary/aromatic N) is 3. The van der Waals surface area contributed by atoms with E-state index in [4.69, 9.17) is 10.5 Å². The van der Waals surface area contributed by atoms with Crippen molar-refractivity contribution in [2.75, 3.05) is 53.0 Å². The van der Waals surface area contributed by atoms with Crippen LogP contribution in [-0.4, -0.2) is 85.7 Å². The quantitative estimate of drug-likeness (QED) is 0.743. The molecule has 0 saturated carbocycles. The van der Waals surface area contributed by atoms with Crippen molar-refractivity contribution in [3.8, 4) is 0 Å². The van der Waals surface area contributed by atoms with Crippen LogP contribution in [0, 0.1) is 0 Å². The summed E-state index contributed by atoms with van der Waals surface area (Å²) in [6.07, 6.45) is 0. The predicted octanol–water partition coefficient (Wildman–Crippen LogP) is -0.434. The Morgan fingerprint density at radius 1 is 1.15 bits per heavy atom. The monoisotopic (exact) mass is 286 g/mol. The highest BCUT2D eigenvalue weighted by Crippen LogP contribution is 2.07. The van der Waals surface area contributed by atoms with E-state index in [1.807, 2.05) is 13.8 Å². The van der Waals surface area contributed by atoms with Gasteiger partial charge in [0.1, 0.15) is 6.04 Å². The summed E-state index contributed by atoms with van der Waals surface area (Å²) in [6.45, 7) is 7.72. The number of hydrogen-bond donors (Lipinski definition) is 1. The number of rotatable bonds is 5. The summed E-state index contributed by atoms with van der Waals surface area (Å²) in [6, 6.07) is -0.576. The molecule has 3 amide bonds. The Bertz CT molecular complexity index is 326. The fraction of sp³-hybridized carbons (Fsp3) is 0.846. The number of carbonyl (C=O) groups excluding carboxylic acids is 2. The summed E-state index contributed by atoms with van der Waals surface area (Å²) < 4.78 is 4.89. The summed E-state index contributed by atoms with van der Waals surface area (Å²) in [5, 5.41) is 0. The van der Waals surface area contributed by atoms with Gasteiger partial charge in [0.15, 0.2) is 0 Å². The van der Waals surface area contributed by atoms with Gasteiger partial charge in [-0.1, -0.05) is 0 Å². The van der Waals surface area contributed by atoms with Gasteiger partial charge in [-0.2, -0.15) is 0 Å². The first-order valence-corrected chi connectivity index (χ1v) is 7.12. The number of urea groups is 1. The average Bonchev–Trinajstić information content (AvgIpc) is 2.48. The number of amides is 3. The maximum absolute atomic E-state index is 12.2. The van der Waals surface area contributed by atoms with Gasteiger partial charge < -0.3 is 25.2 Å². The van der Waals surface area contributed by atoms with Crippen molar-refractivity contribution in [2.24, 2.45) is 5.73 Å². The SMILES string of the molecule is CCN(CC)C(=O)N1CCN(C(=O)C(N)COC)CC1. The molecule has 1 unspecified atom stereocenters. The van der Waals surface area contributed by atoms with Crippen LogP contribution in [0.25, 0.3) is 0 Å². The molecule has 0 aliphatic carbocycles. The van der Waals surface area contributed by atoms with Crippen LogP contribution >= 0.6 is 0 Å². The fourth-order valence-corrected chi connectivity index (χ4v) is 2.30. The zero-order valence-electron chi connectivity index (χ0n) is 12.7. The fourth-order valence-electron chi connectivity index (χ4n) is 2.30. The van der Waals surface area contributed by atoms with Gasteiger partial charge >= 0.3 is 6.03 Å². The van der Waals surface area contributed by atoms with Gasteiger partial charge in [-0.3, -0.25) is 4.79 Å². The highest BCUT2D eigenvalue weighted by atomic mass is 16.5. The number of nitrogens with two attached hydrogens (primary N) is 1. The first kappa shape index (κ1) is 16.7. The van der Waals surface area contributed by atoms with Crippen molar-refractivity contribution in [1.29, 1.82) is 0 Å². The van der Waals surface area contributed by atoms with E-state index in [1.165, 1.54) is 7.11 Å². The third-order valence-electron chi connectivity index (χ3n) is 3.56. The van der Waals surface area contributed by atoms with Crippen LogP contribution in [0.15, 0.2) is 0 Å². The molecule has 2 N–H and O–H groups in total. The molecule has 7 heteroatoms. The molecule has 7 nitrogen and oxygen atoms in total. The molecule has 0 spiro atoms. The molecule has 0 bridgehead atoms. The van der Waals surface area contributed by atoms with Gasteiger partial charge in [0.2, 0.25) is 5.91 Å². The third kappa shape index (κ3) is 4.08. The van der Waals surface area contributed by atoms with E-state index in [2.05, 4.69) is 0 Å². The van der Waals surface area contributed by atoms with E-state index in [0.717, 1.165) is 0 Å². The molecule has 116 valence electrons. The van der Waals surface area contributed by atoms with Gasteiger partial charge in [-0.05, 0) is 13.8 Å². The number of carbonyl (C=O) groups is 2. The van der Waals surface area contributed by atoms with Crippen LogP contribution in [0.5, 0.6) is 0 Å². The Morgan fingerprint density at radius 2 is 1.65 bits per heavy atom. The molecular weight excluding hydrogens is 260 g/mol. The van der Waals surface area contributed by atoms with Crippen molar-refractivity contribution in [1.82, 2.24) is 14.7 Å². The molecule has 0 aromatic carbocycles. The van der Waals surface area contributed by atoms with Crippen molar-refractivity contribution in [3.63, 3.8) is 0 Å². The van der Waals surface area contributed by atoms with Crippen LogP contribution in [-0.2, 0) is 9.53 Å². The van der Waals surface area contributed by atoms with Gasteiger partial charge in [0.25, 0.3) is 0 Å². The summed E-state index contributed by atoms with van der Waals surface area (Å²) in [4.78, 5) is 29.5. The number of ether oxygens (including phenoxy) is 1. The van der Waals surface area contributed by atoms with E-state index in [1.54, 1.807) is 14.7 Å². The van der Waals surface area contributed by atoms with Gasteiger partial charge in [-0.15, -0.1) is 0 Å². The normalized spacial score (nSPS) is 17.0. The Kier molecular flexibility index (Phi) is 6.74. The van der Waals surface area contributed by atoms with Crippen LogP contribution < -0.4 is 5.73 Å². The van der Waals surface area contributed by atoms with E-state index >= 15 is 0 Å². The van der Waals surface area contributed by atoms with E-state index in [-0.39, 0.29) is 18.5 Å². The van der Waals surface area contributed by atoms with Gasteiger partial charge in [0, 0.05) is 46.4 Å². The zero-order chi connectivity index (χ0) is 15.1. The van der Waals surface area contributed by atoms with Crippen LogP contribution in [0.3, 0.4) is 0 Å². The zero-order valence-corrected chi connectivity index (χ0v) is 12.7. The highest BCUT2D eigenvalue weighted by Gasteiger charge is 2.28. The average molecular weight is 286 g/mol. The van der Waals surface area contributed by atoms with Crippen molar-refractivity contribution < 1.29 is 14.3 Å². The minimum Gasteiger partial charge on any atom is -0.383 e. The molecule has 1 rings (SSSR count). The lowest BCUT2D eigenvalue weighted by Gasteiger charge is -2.37. The Labute approximate surface area is 120 Å². The second-order valence-corrected chi connectivity index (χ2v) is 4.83. The Balaban J connectivity index is 2.47. The van der Waals surface area contributed by atoms with E-state index < -0.39 is 6.04 Å². The summed E-state index contributed by atoms with van der Waals surface area (Å²) in [5.74, 6) is -0.109. The Hall–Kier alpha value is -1.34. The van der Waals surface area contributed by atoms with E-state index in [0.29, 0.717) is 39.3 Å². The molecule has 0 aromatic heterocycles. The smallest absolute Gasteiger partial charge is 0.320 e. The van der Waals surface area contributed by atoms with Crippen LogP contribution in [0.1, 0.15) is 13.8 Å². The van der Waals surface area contributed by atoms with Crippen molar-refractivity contribution in [3.05, 3.63) is 0 Å². The van der Waals surface area contributed by atoms with Gasteiger partial charge in [0.05, 0.1) is 6.61 Å². The van der Waals surface area contributed by atoms with Crippen molar-refractivity contribution >= 4 is 11.9 Å². The largest absolute Gasteiger partial charge is 0.383 e. The summed E-state index contributed by atoms with van der Waals surface area (Å²) in [5.41, 5.74) is 5.74. The molecule has 0 aromatic rings. The predicted molar refractivity (Wildman–Crippen MR) is 76.3 cm³/mol. The van der Waals surface area contributed by atoms with Crippen molar-refractivity contribution in [2.45, 2.75) is 19.9 Å². The minimum absolute atomic E-state index is 0.0447. The number of piperazine rings is 1. The third-order valence-corrected chi connectivity index (χ3v) is 3.56. The molecule has 1 aliphatic rings. The second-order valence-electron chi connectivity index (χ2n) is 4.83. The highest BCUT2D eigenvalue weighted by molar-refractivity contribution is 5.82. The van der Waals surface area contributed by atoms with E-state index in [9.17, 15) is 9.59 Å². The molecule has 1 saturated heterocycles. The number of hydrogen-bond acceptors (Lipinski definition) is 4. The van der Waals surface area contributed by atoms with Gasteiger partial charge in [-0.25, -0.2) is 4.79 Å². The van der Waals surface area contributed by atoms with Crippen LogP contribution in [0.4, 0.5) is 4.79 Å². The lowest BCUT2D eigenvalue weighted by Crippen LogP contribution is -2.57. The summed E-state index contributed by atoms with van der Waals surface area (Å²) in [7, 11) is 1.52. The lowest BCUT2D eigenvalue weighted by atomic mass is 10.2.